The SMILES string of the molecule is COc1ccc([N+](=O)[O-])c(C(Cl)S(=O)(=O)c2ccc(C)cc2)c1. The van der Waals surface area contributed by atoms with Gasteiger partial charge in [0.05, 0.1) is 22.5 Å². The summed E-state index contributed by atoms with van der Waals surface area (Å²) in [5, 5.41) is 11.1. The van der Waals surface area contributed by atoms with E-state index in [0.717, 1.165) is 5.56 Å². The number of alkyl halides is 1. The van der Waals surface area contributed by atoms with Crippen molar-refractivity contribution in [3.05, 3.63) is 63.7 Å². The molecule has 0 fully saturated rings. The minimum Gasteiger partial charge on any atom is -0.497 e. The molecule has 122 valence electrons. The van der Waals surface area contributed by atoms with Gasteiger partial charge in [0, 0.05) is 6.07 Å². The highest BCUT2D eigenvalue weighted by molar-refractivity contribution is 7.92. The third-order valence-corrected chi connectivity index (χ3v) is 5.96. The Labute approximate surface area is 138 Å². The highest BCUT2D eigenvalue weighted by Crippen LogP contribution is 2.39. The lowest BCUT2D eigenvalue weighted by molar-refractivity contribution is -0.385. The minimum atomic E-state index is -3.98. The molecule has 1 unspecified atom stereocenters. The number of nitrogens with zero attached hydrogens (tertiary/aromatic N) is 1. The first-order valence-electron chi connectivity index (χ1n) is 6.54. The van der Waals surface area contributed by atoms with Crippen molar-refractivity contribution in [1.82, 2.24) is 0 Å². The van der Waals surface area contributed by atoms with E-state index in [2.05, 4.69) is 0 Å². The average Bonchev–Trinajstić information content (AvgIpc) is 2.53. The Hall–Kier alpha value is -2.12. The zero-order valence-corrected chi connectivity index (χ0v) is 14.0. The van der Waals surface area contributed by atoms with E-state index in [0.29, 0.717) is 0 Å². The summed E-state index contributed by atoms with van der Waals surface area (Å²) >= 11 is 6.10. The van der Waals surface area contributed by atoms with E-state index in [4.69, 9.17) is 16.3 Å². The standard InChI is InChI=1S/C15H14ClNO5S/c1-10-3-6-12(7-4-10)23(20,21)15(16)13-9-11(22-2)5-8-14(13)17(18)19/h3-9,15H,1-2H3. The number of nitro benzene ring substituents is 1. The van der Waals surface area contributed by atoms with Gasteiger partial charge < -0.3 is 4.74 Å². The van der Waals surface area contributed by atoms with E-state index in [1.165, 1.54) is 37.4 Å². The van der Waals surface area contributed by atoms with Crippen molar-refractivity contribution in [2.45, 2.75) is 16.5 Å². The van der Waals surface area contributed by atoms with Gasteiger partial charge in [-0.05, 0) is 31.2 Å². The molecule has 1 atom stereocenters. The summed E-state index contributed by atoms with van der Waals surface area (Å²) in [5.74, 6) is 0.287. The summed E-state index contributed by atoms with van der Waals surface area (Å²) in [7, 11) is -2.61. The van der Waals surface area contributed by atoms with Gasteiger partial charge >= 0.3 is 0 Å². The van der Waals surface area contributed by atoms with Gasteiger partial charge in [-0.1, -0.05) is 29.3 Å². The molecular weight excluding hydrogens is 342 g/mol. The first-order chi connectivity index (χ1) is 10.8. The molecule has 23 heavy (non-hydrogen) atoms. The van der Waals surface area contributed by atoms with Gasteiger partial charge in [0.1, 0.15) is 5.75 Å². The molecule has 0 amide bonds. The summed E-state index contributed by atoms with van der Waals surface area (Å²) in [6, 6.07) is 9.94. The third-order valence-electron chi connectivity index (χ3n) is 3.30. The van der Waals surface area contributed by atoms with Crippen molar-refractivity contribution in [2.75, 3.05) is 7.11 Å². The predicted molar refractivity (Wildman–Crippen MR) is 86.6 cm³/mol. The number of rotatable bonds is 5. The Balaban J connectivity index is 2.56. The highest BCUT2D eigenvalue weighted by Gasteiger charge is 2.33. The number of sulfone groups is 1. The molecule has 0 aliphatic heterocycles. The van der Waals surface area contributed by atoms with Crippen LogP contribution < -0.4 is 4.74 Å². The van der Waals surface area contributed by atoms with Crippen LogP contribution in [0.15, 0.2) is 47.4 Å². The molecule has 0 aliphatic rings. The van der Waals surface area contributed by atoms with E-state index in [1.807, 2.05) is 6.92 Å². The van der Waals surface area contributed by atoms with Crippen molar-refractivity contribution in [1.29, 1.82) is 0 Å². The topological polar surface area (TPSA) is 86.5 Å². The summed E-state index contributed by atoms with van der Waals surface area (Å²) in [4.78, 5) is 10.5. The van der Waals surface area contributed by atoms with Crippen LogP contribution in [0.5, 0.6) is 5.75 Å². The Morgan fingerprint density at radius 1 is 1.17 bits per heavy atom. The Morgan fingerprint density at radius 3 is 2.30 bits per heavy atom. The molecule has 2 rings (SSSR count). The average molecular weight is 356 g/mol. The van der Waals surface area contributed by atoms with Crippen LogP contribution in [0, 0.1) is 17.0 Å². The number of halogens is 1. The number of aryl methyl sites for hydroxylation is 1. The maximum absolute atomic E-state index is 12.6. The third kappa shape index (κ3) is 3.46. The molecule has 8 heteroatoms. The number of nitro groups is 1. The number of ether oxygens (including phenoxy) is 1. The fourth-order valence-corrected chi connectivity index (χ4v) is 3.78. The van der Waals surface area contributed by atoms with Gasteiger partial charge in [-0.3, -0.25) is 10.1 Å². The van der Waals surface area contributed by atoms with Crippen molar-refractivity contribution >= 4 is 27.1 Å². The Bertz CT molecular complexity index is 833. The molecule has 0 saturated heterocycles. The second-order valence-corrected chi connectivity index (χ2v) is 7.58. The lowest BCUT2D eigenvalue weighted by atomic mass is 10.2. The van der Waals surface area contributed by atoms with Gasteiger partial charge in [0.2, 0.25) is 0 Å². The summed E-state index contributed by atoms with van der Waals surface area (Å²) in [5.41, 5.74) is 0.389. The quantitative estimate of drug-likeness (QED) is 0.464. The van der Waals surface area contributed by atoms with E-state index < -0.39 is 19.5 Å². The summed E-state index contributed by atoms with van der Waals surface area (Å²) in [6.07, 6.45) is 0. The summed E-state index contributed by atoms with van der Waals surface area (Å²) in [6.45, 7) is 1.82. The van der Waals surface area contributed by atoms with Crippen LogP contribution in [-0.4, -0.2) is 20.5 Å². The van der Waals surface area contributed by atoms with Crippen LogP contribution in [0.3, 0.4) is 0 Å². The molecule has 0 radical (unpaired) electrons. The molecule has 2 aromatic rings. The molecule has 2 aromatic carbocycles. The molecule has 0 aliphatic carbocycles. The lowest BCUT2D eigenvalue weighted by Gasteiger charge is -2.13. The molecule has 0 spiro atoms. The van der Waals surface area contributed by atoms with Gasteiger partial charge in [0.25, 0.3) is 5.69 Å². The number of hydrogen-bond acceptors (Lipinski definition) is 5. The van der Waals surface area contributed by atoms with Crippen molar-refractivity contribution in [3.8, 4) is 5.75 Å². The molecule has 0 heterocycles. The largest absolute Gasteiger partial charge is 0.497 e. The number of benzene rings is 2. The van der Waals surface area contributed by atoms with Crippen LogP contribution in [0.2, 0.25) is 0 Å². The lowest BCUT2D eigenvalue weighted by Crippen LogP contribution is -2.11. The fraction of sp³-hybridized carbons (Fsp3) is 0.200. The van der Waals surface area contributed by atoms with Gasteiger partial charge in [-0.2, -0.15) is 0 Å². The van der Waals surface area contributed by atoms with Crippen molar-refractivity contribution in [2.24, 2.45) is 0 Å². The van der Waals surface area contributed by atoms with Crippen LogP contribution >= 0.6 is 11.6 Å². The maximum Gasteiger partial charge on any atom is 0.275 e. The molecule has 0 N–H and O–H groups in total. The zero-order chi connectivity index (χ0) is 17.2. The Kier molecular flexibility index (Phi) is 4.91. The molecule has 0 saturated carbocycles. The predicted octanol–water partition coefficient (Wildman–Crippen LogP) is 3.62. The molecule has 6 nitrogen and oxygen atoms in total. The van der Waals surface area contributed by atoms with Gasteiger partial charge in [0.15, 0.2) is 14.5 Å². The highest BCUT2D eigenvalue weighted by atomic mass is 35.5. The number of methoxy groups -OCH3 is 1. The normalized spacial score (nSPS) is 12.7. The van der Waals surface area contributed by atoms with E-state index in [1.54, 1.807) is 12.1 Å². The minimum absolute atomic E-state index is 0.000202. The van der Waals surface area contributed by atoms with E-state index >= 15 is 0 Å². The van der Waals surface area contributed by atoms with Crippen LogP contribution in [0.4, 0.5) is 5.69 Å². The first-order valence-corrected chi connectivity index (χ1v) is 8.52. The van der Waals surface area contributed by atoms with E-state index in [9.17, 15) is 18.5 Å². The Morgan fingerprint density at radius 2 is 1.78 bits per heavy atom. The van der Waals surface area contributed by atoms with Crippen molar-refractivity contribution < 1.29 is 18.1 Å². The second-order valence-electron chi connectivity index (χ2n) is 4.86. The van der Waals surface area contributed by atoms with Crippen molar-refractivity contribution in [3.63, 3.8) is 0 Å². The second kappa shape index (κ2) is 6.55. The fourth-order valence-electron chi connectivity index (χ4n) is 2.02. The molecule has 0 aromatic heterocycles. The monoisotopic (exact) mass is 355 g/mol. The summed E-state index contributed by atoms with van der Waals surface area (Å²) < 4.78 is 28.6. The number of hydrogen-bond donors (Lipinski definition) is 0. The van der Waals surface area contributed by atoms with E-state index in [-0.39, 0.29) is 21.9 Å². The van der Waals surface area contributed by atoms with Gasteiger partial charge in [-0.15, -0.1) is 0 Å². The maximum atomic E-state index is 12.6. The van der Waals surface area contributed by atoms with Crippen LogP contribution in [0.25, 0.3) is 0 Å². The first kappa shape index (κ1) is 17.2. The molecule has 0 bridgehead atoms. The smallest absolute Gasteiger partial charge is 0.275 e. The van der Waals surface area contributed by atoms with Gasteiger partial charge in [-0.25, -0.2) is 8.42 Å². The molecular formula is C15H14ClNO5S. The zero-order valence-electron chi connectivity index (χ0n) is 12.4. The van der Waals surface area contributed by atoms with Crippen LogP contribution in [-0.2, 0) is 9.84 Å². The van der Waals surface area contributed by atoms with Crippen LogP contribution in [0.1, 0.15) is 15.8 Å².